The Labute approximate surface area is 133 Å². The maximum atomic E-state index is 12.0. The van der Waals surface area contributed by atoms with Gasteiger partial charge in [0.1, 0.15) is 0 Å². The van der Waals surface area contributed by atoms with Crippen LogP contribution in [-0.2, 0) is 9.53 Å². The quantitative estimate of drug-likeness (QED) is 0.831. The lowest BCUT2D eigenvalue weighted by Gasteiger charge is -2.09. The van der Waals surface area contributed by atoms with E-state index < -0.39 is 11.9 Å². The molecule has 0 aliphatic carbocycles. The third-order valence-corrected chi connectivity index (χ3v) is 3.13. The maximum Gasteiger partial charge on any atom is 0.340 e. The summed E-state index contributed by atoms with van der Waals surface area (Å²) in [5.41, 5.74) is 1.61. The van der Waals surface area contributed by atoms with Crippen molar-refractivity contribution in [2.75, 3.05) is 24.3 Å². The van der Waals surface area contributed by atoms with Gasteiger partial charge in [0.15, 0.2) is 6.61 Å². The highest BCUT2D eigenvalue weighted by Crippen LogP contribution is 2.16. The van der Waals surface area contributed by atoms with Gasteiger partial charge in [-0.1, -0.05) is 23.7 Å². The number of rotatable bonds is 5. The van der Waals surface area contributed by atoms with Gasteiger partial charge in [0.25, 0.3) is 5.91 Å². The predicted molar refractivity (Wildman–Crippen MR) is 86.4 cm³/mol. The molecule has 0 fully saturated rings. The monoisotopic (exact) mass is 318 g/mol. The van der Waals surface area contributed by atoms with Gasteiger partial charge in [0.05, 0.1) is 5.56 Å². The summed E-state index contributed by atoms with van der Waals surface area (Å²) in [6, 6.07) is 13.6. The molecule has 2 aromatic carbocycles. The minimum Gasteiger partial charge on any atom is -0.452 e. The van der Waals surface area contributed by atoms with Crippen molar-refractivity contribution in [2.45, 2.75) is 0 Å². The lowest BCUT2D eigenvalue weighted by molar-refractivity contribution is -0.119. The minimum absolute atomic E-state index is 0.362. The van der Waals surface area contributed by atoms with E-state index in [1.54, 1.807) is 55.6 Å². The smallest absolute Gasteiger partial charge is 0.340 e. The topological polar surface area (TPSA) is 67.4 Å². The Hall–Kier alpha value is -2.53. The Morgan fingerprint density at radius 2 is 1.77 bits per heavy atom. The van der Waals surface area contributed by atoms with Crippen LogP contribution in [0.3, 0.4) is 0 Å². The summed E-state index contributed by atoms with van der Waals surface area (Å²) in [4.78, 5) is 23.7. The van der Waals surface area contributed by atoms with E-state index in [0.29, 0.717) is 22.0 Å². The summed E-state index contributed by atoms with van der Waals surface area (Å²) in [6.07, 6.45) is 0. The lowest BCUT2D eigenvalue weighted by atomic mass is 10.2. The molecule has 0 atom stereocenters. The molecule has 114 valence electrons. The molecule has 0 saturated heterocycles. The summed E-state index contributed by atoms with van der Waals surface area (Å²) in [5, 5.41) is 6.09. The molecule has 22 heavy (non-hydrogen) atoms. The Morgan fingerprint density at radius 1 is 1.09 bits per heavy atom. The SMILES string of the molecule is CNc1ccccc1C(=O)OCC(=O)Nc1ccc(Cl)cc1. The molecule has 1 amide bonds. The van der Waals surface area contributed by atoms with E-state index in [9.17, 15) is 9.59 Å². The van der Waals surface area contributed by atoms with Crippen molar-refractivity contribution in [3.63, 3.8) is 0 Å². The van der Waals surface area contributed by atoms with Crippen LogP contribution in [-0.4, -0.2) is 25.5 Å². The molecule has 0 heterocycles. The third-order valence-electron chi connectivity index (χ3n) is 2.88. The third kappa shape index (κ3) is 4.23. The summed E-state index contributed by atoms with van der Waals surface area (Å²) in [5.74, 6) is -0.978. The van der Waals surface area contributed by atoms with Crippen LogP contribution in [0.2, 0.25) is 5.02 Å². The van der Waals surface area contributed by atoms with Gasteiger partial charge in [0, 0.05) is 23.4 Å². The van der Waals surface area contributed by atoms with Crippen molar-refractivity contribution in [1.82, 2.24) is 0 Å². The molecule has 2 N–H and O–H groups in total. The second-order valence-corrected chi connectivity index (χ2v) is 4.86. The van der Waals surface area contributed by atoms with Gasteiger partial charge in [0.2, 0.25) is 0 Å². The van der Waals surface area contributed by atoms with Crippen LogP contribution >= 0.6 is 11.6 Å². The fourth-order valence-electron chi connectivity index (χ4n) is 1.82. The number of anilines is 2. The van der Waals surface area contributed by atoms with E-state index in [4.69, 9.17) is 16.3 Å². The molecule has 0 spiro atoms. The van der Waals surface area contributed by atoms with E-state index in [1.807, 2.05) is 0 Å². The number of hydrogen-bond acceptors (Lipinski definition) is 4. The first kappa shape index (κ1) is 15.9. The number of halogens is 1. The average molecular weight is 319 g/mol. The number of carbonyl (C=O) groups excluding carboxylic acids is 2. The Morgan fingerprint density at radius 3 is 2.45 bits per heavy atom. The van der Waals surface area contributed by atoms with Crippen molar-refractivity contribution in [3.8, 4) is 0 Å². The second-order valence-electron chi connectivity index (χ2n) is 4.43. The Kier molecular flexibility index (Phi) is 5.38. The van der Waals surface area contributed by atoms with Crippen molar-refractivity contribution >= 4 is 34.9 Å². The van der Waals surface area contributed by atoms with Crippen molar-refractivity contribution in [2.24, 2.45) is 0 Å². The summed E-state index contributed by atoms with van der Waals surface area (Å²) in [6.45, 7) is -0.362. The normalized spacial score (nSPS) is 9.91. The summed E-state index contributed by atoms with van der Waals surface area (Å²) in [7, 11) is 1.71. The highest BCUT2D eigenvalue weighted by Gasteiger charge is 2.13. The molecular weight excluding hydrogens is 304 g/mol. The summed E-state index contributed by atoms with van der Waals surface area (Å²) < 4.78 is 5.01. The molecule has 5 nitrogen and oxygen atoms in total. The second kappa shape index (κ2) is 7.47. The van der Waals surface area contributed by atoms with Gasteiger partial charge in [-0.2, -0.15) is 0 Å². The average Bonchev–Trinajstić information content (AvgIpc) is 2.54. The fourth-order valence-corrected chi connectivity index (χ4v) is 1.94. The van der Waals surface area contributed by atoms with E-state index in [2.05, 4.69) is 10.6 Å². The fraction of sp³-hybridized carbons (Fsp3) is 0.125. The Bertz CT molecular complexity index is 671. The molecule has 0 aromatic heterocycles. The van der Waals surface area contributed by atoms with Crippen molar-refractivity contribution in [3.05, 3.63) is 59.1 Å². The molecule has 0 aliphatic heterocycles. The van der Waals surface area contributed by atoms with Gasteiger partial charge in [-0.15, -0.1) is 0 Å². The first-order chi connectivity index (χ1) is 10.6. The molecule has 2 rings (SSSR count). The minimum atomic E-state index is -0.559. The highest BCUT2D eigenvalue weighted by atomic mass is 35.5. The zero-order valence-corrected chi connectivity index (χ0v) is 12.7. The number of carbonyl (C=O) groups is 2. The van der Waals surface area contributed by atoms with E-state index in [-0.39, 0.29) is 6.61 Å². The van der Waals surface area contributed by atoms with Crippen LogP contribution in [0.1, 0.15) is 10.4 Å². The number of para-hydroxylation sites is 1. The van der Waals surface area contributed by atoms with Crippen LogP contribution in [0.15, 0.2) is 48.5 Å². The predicted octanol–water partition coefficient (Wildman–Crippen LogP) is 3.18. The van der Waals surface area contributed by atoms with Crippen LogP contribution < -0.4 is 10.6 Å². The molecule has 0 saturated carbocycles. The molecule has 0 aliphatic rings. The molecule has 0 radical (unpaired) electrons. The van der Waals surface area contributed by atoms with Crippen LogP contribution in [0.5, 0.6) is 0 Å². The summed E-state index contributed by atoms with van der Waals surface area (Å²) >= 11 is 5.76. The number of benzene rings is 2. The van der Waals surface area contributed by atoms with Gasteiger partial charge in [-0.3, -0.25) is 4.79 Å². The van der Waals surface area contributed by atoms with Crippen molar-refractivity contribution < 1.29 is 14.3 Å². The van der Waals surface area contributed by atoms with Gasteiger partial charge < -0.3 is 15.4 Å². The van der Waals surface area contributed by atoms with Crippen LogP contribution in [0.25, 0.3) is 0 Å². The zero-order chi connectivity index (χ0) is 15.9. The van der Waals surface area contributed by atoms with Gasteiger partial charge >= 0.3 is 5.97 Å². The number of amides is 1. The molecular formula is C16H15ClN2O3. The number of esters is 1. The number of ether oxygens (including phenoxy) is 1. The maximum absolute atomic E-state index is 12.0. The van der Waals surface area contributed by atoms with Crippen LogP contribution in [0, 0.1) is 0 Å². The first-order valence-corrected chi connectivity index (χ1v) is 6.97. The van der Waals surface area contributed by atoms with Gasteiger partial charge in [-0.25, -0.2) is 4.79 Å². The number of nitrogens with one attached hydrogen (secondary N) is 2. The lowest BCUT2D eigenvalue weighted by Crippen LogP contribution is -2.21. The highest BCUT2D eigenvalue weighted by molar-refractivity contribution is 6.30. The molecule has 2 aromatic rings. The first-order valence-electron chi connectivity index (χ1n) is 6.59. The van der Waals surface area contributed by atoms with E-state index in [0.717, 1.165) is 0 Å². The van der Waals surface area contributed by atoms with Gasteiger partial charge in [-0.05, 0) is 36.4 Å². The van der Waals surface area contributed by atoms with Crippen LogP contribution in [0.4, 0.5) is 11.4 Å². The van der Waals surface area contributed by atoms with Crippen molar-refractivity contribution in [1.29, 1.82) is 0 Å². The standard InChI is InChI=1S/C16H15ClN2O3/c1-18-14-5-3-2-4-13(14)16(21)22-10-15(20)19-12-8-6-11(17)7-9-12/h2-9,18H,10H2,1H3,(H,19,20). The molecule has 6 heteroatoms. The Balaban J connectivity index is 1.90. The molecule has 0 unspecified atom stereocenters. The molecule has 0 bridgehead atoms. The number of hydrogen-bond donors (Lipinski definition) is 2. The van der Waals surface area contributed by atoms with E-state index >= 15 is 0 Å². The van der Waals surface area contributed by atoms with E-state index in [1.165, 1.54) is 0 Å². The zero-order valence-electron chi connectivity index (χ0n) is 11.9. The largest absolute Gasteiger partial charge is 0.452 e.